The highest BCUT2D eigenvalue weighted by Crippen LogP contribution is 2.39. The Balaban J connectivity index is 1.35. The number of rotatable bonds is 5. The van der Waals surface area contributed by atoms with Gasteiger partial charge < -0.3 is 20.3 Å². The molecular weight excluding hydrogens is 432 g/mol. The largest absolute Gasteiger partial charge is 0.377 e. The molecule has 0 radical (unpaired) electrons. The lowest BCUT2D eigenvalue weighted by Gasteiger charge is -2.35. The molecule has 10 nitrogen and oxygen atoms in total. The van der Waals surface area contributed by atoms with E-state index >= 15 is 0 Å². The van der Waals surface area contributed by atoms with Crippen molar-refractivity contribution in [1.29, 1.82) is 0 Å². The number of ether oxygens (including phenoxy) is 1. The summed E-state index contributed by atoms with van der Waals surface area (Å²) in [4.78, 5) is 19.5. The Morgan fingerprint density at radius 3 is 2.79 bits per heavy atom. The second-order valence-corrected chi connectivity index (χ2v) is 9.01. The van der Waals surface area contributed by atoms with Crippen LogP contribution < -0.4 is 26.0 Å². The number of carbonyl (C=O) groups excluding carboxylic acids is 1. The first-order valence-electron chi connectivity index (χ1n) is 11.7. The van der Waals surface area contributed by atoms with Crippen LogP contribution in [0.4, 0.5) is 27.9 Å². The number of hydrazine groups is 1. The fraction of sp³-hybridized carbons (Fsp3) is 0.375. The van der Waals surface area contributed by atoms with E-state index in [4.69, 9.17) is 9.72 Å². The maximum Gasteiger partial charge on any atom is 0.319 e. The van der Waals surface area contributed by atoms with Crippen molar-refractivity contribution in [2.45, 2.75) is 38.4 Å². The highest BCUT2D eigenvalue weighted by atomic mass is 16.5. The van der Waals surface area contributed by atoms with Crippen molar-refractivity contribution in [2.24, 2.45) is 0 Å². The fourth-order valence-electron chi connectivity index (χ4n) is 4.50. The summed E-state index contributed by atoms with van der Waals surface area (Å²) in [6.45, 7) is 4.97. The Morgan fingerprint density at radius 2 is 2.06 bits per heavy atom. The Bertz CT molecular complexity index is 1180. The second-order valence-electron chi connectivity index (χ2n) is 9.01. The van der Waals surface area contributed by atoms with E-state index in [1.807, 2.05) is 35.3 Å². The van der Waals surface area contributed by atoms with E-state index in [0.717, 1.165) is 59.2 Å². The van der Waals surface area contributed by atoms with Gasteiger partial charge in [-0.25, -0.2) is 20.2 Å². The molecule has 2 aliphatic heterocycles. The molecule has 3 aromatic rings. The van der Waals surface area contributed by atoms with Gasteiger partial charge in [-0.3, -0.25) is 5.10 Å². The van der Waals surface area contributed by atoms with Gasteiger partial charge in [-0.15, -0.1) is 0 Å². The number of nitrogens with zero attached hydrogens (tertiary/aromatic N) is 4. The third-order valence-electron chi connectivity index (χ3n) is 6.47. The van der Waals surface area contributed by atoms with Crippen LogP contribution in [0.2, 0.25) is 0 Å². The van der Waals surface area contributed by atoms with Crippen LogP contribution in [0, 0.1) is 0 Å². The highest BCUT2D eigenvalue weighted by Gasteiger charge is 2.30. The number of benzene rings is 1. The molecule has 4 N–H and O–H groups in total. The van der Waals surface area contributed by atoms with Crippen molar-refractivity contribution in [3.05, 3.63) is 48.2 Å². The Labute approximate surface area is 197 Å². The van der Waals surface area contributed by atoms with Gasteiger partial charge in [-0.2, -0.15) is 5.10 Å². The summed E-state index contributed by atoms with van der Waals surface area (Å²) in [5, 5.41) is 15.0. The lowest BCUT2D eigenvalue weighted by Crippen LogP contribution is -2.44. The van der Waals surface area contributed by atoms with Crippen LogP contribution in [0.1, 0.15) is 25.3 Å². The average molecular weight is 461 g/mol. The molecule has 1 saturated carbocycles. The summed E-state index contributed by atoms with van der Waals surface area (Å²) < 4.78 is 5.65. The third kappa shape index (κ3) is 4.06. The molecule has 1 aromatic carbocycles. The normalized spacial score (nSPS) is 19.7. The zero-order valence-electron chi connectivity index (χ0n) is 19.0. The first-order valence-corrected chi connectivity index (χ1v) is 11.7. The molecule has 0 spiro atoms. The molecule has 6 rings (SSSR count). The minimum atomic E-state index is -0.150. The predicted octanol–water partition coefficient (Wildman–Crippen LogP) is 3.14. The molecule has 4 heterocycles. The molecule has 3 aliphatic rings. The monoisotopic (exact) mass is 460 g/mol. The van der Waals surface area contributed by atoms with Crippen molar-refractivity contribution in [1.82, 2.24) is 25.9 Å². The zero-order chi connectivity index (χ0) is 23.1. The maximum atomic E-state index is 12.1. The van der Waals surface area contributed by atoms with E-state index in [1.165, 1.54) is 0 Å². The van der Waals surface area contributed by atoms with Gasteiger partial charge in [-0.05, 0) is 49.1 Å². The van der Waals surface area contributed by atoms with Crippen molar-refractivity contribution >= 4 is 29.2 Å². The highest BCUT2D eigenvalue weighted by molar-refractivity contribution is 5.90. The van der Waals surface area contributed by atoms with Crippen LogP contribution in [-0.4, -0.2) is 53.1 Å². The van der Waals surface area contributed by atoms with Crippen LogP contribution in [0.5, 0.6) is 0 Å². The van der Waals surface area contributed by atoms with Crippen molar-refractivity contribution < 1.29 is 9.53 Å². The summed E-state index contributed by atoms with van der Waals surface area (Å²) in [5.74, 6) is 2.62. The van der Waals surface area contributed by atoms with Crippen LogP contribution in [0.25, 0.3) is 11.1 Å². The average Bonchev–Trinajstić information content (AvgIpc) is 3.31. The number of amides is 2. The number of aromatic amines is 1. The van der Waals surface area contributed by atoms with Gasteiger partial charge in [-0.1, -0.05) is 12.1 Å². The lowest BCUT2D eigenvalue weighted by molar-refractivity contribution is 0.0985. The van der Waals surface area contributed by atoms with Gasteiger partial charge in [0.1, 0.15) is 11.6 Å². The number of hydrogen-bond acceptors (Lipinski definition) is 7. The molecule has 1 saturated heterocycles. The van der Waals surface area contributed by atoms with Gasteiger partial charge in [0.15, 0.2) is 5.82 Å². The van der Waals surface area contributed by atoms with Crippen LogP contribution in [0.3, 0.4) is 0 Å². The smallest absolute Gasteiger partial charge is 0.319 e. The van der Waals surface area contributed by atoms with E-state index in [0.29, 0.717) is 25.8 Å². The number of fused-ring (bicyclic) bond motifs is 1. The molecule has 2 aromatic heterocycles. The third-order valence-corrected chi connectivity index (χ3v) is 6.47. The molecule has 176 valence electrons. The molecular formula is C24H28N8O2. The summed E-state index contributed by atoms with van der Waals surface area (Å²) in [5.41, 5.74) is 7.50. The number of anilines is 4. The summed E-state index contributed by atoms with van der Waals surface area (Å²) in [6.07, 6.45) is 3.86. The summed E-state index contributed by atoms with van der Waals surface area (Å²) in [7, 11) is 0. The van der Waals surface area contributed by atoms with Gasteiger partial charge >= 0.3 is 6.03 Å². The number of morpholine rings is 1. The summed E-state index contributed by atoms with van der Waals surface area (Å²) in [6, 6.07) is 12.5. The Morgan fingerprint density at radius 1 is 1.21 bits per heavy atom. The quantitative estimate of drug-likeness (QED) is 0.463. The molecule has 0 bridgehead atoms. The maximum absolute atomic E-state index is 12.1. The number of nitrogens with one attached hydrogen (secondary N) is 4. The number of hydrogen-bond donors (Lipinski definition) is 4. The van der Waals surface area contributed by atoms with Crippen molar-refractivity contribution in [3.8, 4) is 11.1 Å². The molecule has 1 aliphatic carbocycles. The minimum Gasteiger partial charge on any atom is -0.377 e. The Hall–Kier alpha value is -3.63. The fourth-order valence-corrected chi connectivity index (χ4v) is 4.50. The van der Waals surface area contributed by atoms with E-state index in [1.54, 1.807) is 6.20 Å². The van der Waals surface area contributed by atoms with Crippen LogP contribution in [-0.2, 0) is 11.3 Å². The molecule has 2 amide bonds. The van der Waals surface area contributed by atoms with Gasteiger partial charge in [0.25, 0.3) is 0 Å². The molecule has 1 atom stereocenters. The topological polar surface area (TPSA) is 110 Å². The molecule has 10 heteroatoms. The number of aromatic nitrogens is 3. The molecule has 34 heavy (non-hydrogen) atoms. The number of carbonyl (C=O) groups is 1. The SMILES string of the molecule is C[C@@H]1COCCN1c1cc(-c2ccc(NC(=O)NC3CC3)cc2)c2c(n1)N(c1ccn[nH]1)NC2. The molecule has 0 unspecified atom stereocenters. The van der Waals surface area contributed by atoms with E-state index in [2.05, 4.69) is 44.1 Å². The number of urea groups is 1. The van der Waals surface area contributed by atoms with Gasteiger partial charge in [0.05, 0.1) is 25.5 Å². The molecule has 2 fully saturated rings. The van der Waals surface area contributed by atoms with Gasteiger partial charge in [0, 0.05) is 36.4 Å². The first kappa shape index (κ1) is 20.9. The lowest BCUT2D eigenvalue weighted by atomic mass is 10.00. The van der Waals surface area contributed by atoms with E-state index < -0.39 is 0 Å². The number of pyridine rings is 1. The number of H-pyrrole nitrogens is 1. The van der Waals surface area contributed by atoms with Crippen LogP contribution >= 0.6 is 0 Å². The minimum absolute atomic E-state index is 0.150. The second kappa shape index (κ2) is 8.62. The zero-order valence-corrected chi connectivity index (χ0v) is 19.0. The van der Waals surface area contributed by atoms with Crippen molar-refractivity contribution in [2.75, 3.05) is 35.0 Å². The Kier molecular flexibility index (Phi) is 5.31. The predicted molar refractivity (Wildman–Crippen MR) is 130 cm³/mol. The van der Waals surface area contributed by atoms with Gasteiger partial charge in [0.2, 0.25) is 0 Å². The van der Waals surface area contributed by atoms with Crippen molar-refractivity contribution in [3.63, 3.8) is 0 Å². The van der Waals surface area contributed by atoms with E-state index in [-0.39, 0.29) is 12.1 Å². The van der Waals surface area contributed by atoms with E-state index in [9.17, 15) is 4.79 Å². The summed E-state index contributed by atoms with van der Waals surface area (Å²) >= 11 is 0. The standard InChI is InChI=1S/C24H28N8O2/c1-15-14-34-11-10-31(15)22-12-19(20-13-26-32(23(20)29-22)21-8-9-25-30-21)16-2-4-17(5-3-16)27-24(33)28-18-6-7-18/h2-5,8-9,12,15,18,26H,6-7,10-11,13-14H2,1H3,(H,25,30)(H2,27,28,33)/t15-/m1/s1. The van der Waals surface area contributed by atoms with Crippen LogP contribution in [0.15, 0.2) is 42.6 Å². The first-order chi connectivity index (χ1) is 16.7.